The molecule has 4 nitrogen and oxygen atoms in total. The summed E-state index contributed by atoms with van der Waals surface area (Å²) in [5.41, 5.74) is 0. The minimum atomic E-state index is -0.138. The van der Waals surface area contributed by atoms with Crippen molar-refractivity contribution in [3.63, 3.8) is 0 Å². The third-order valence-electron chi connectivity index (χ3n) is 2.04. The zero-order valence-electron chi connectivity index (χ0n) is 9.62. The number of amides is 1. The van der Waals surface area contributed by atoms with Crippen molar-refractivity contribution in [1.82, 2.24) is 5.32 Å². The molecular formula is C11H19N2O2+. The number of carbonyl (C=O) groups excluding carboxylic acids is 1. The topological polar surface area (TPSA) is 42.2 Å². The van der Waals surface area contributed by atoms with Crippen LogP contribution in [0.1, 0.15) is 17.0 Å². The molecule has 84 valence electrons. The average Bonchev–Trinajstić information content (AvgIpc) is 2.63. The van der Waals surface area contributed by atoms with Gasteiger partial charge in [0.2, 0.25) is 0 Å². The molecule has 0 atom stereocenters. The van der Waals surface area contributed by atoms with E-state index in [4.69, 9.17) is 4.42 Å². The van der Waals surface area contributed by atoms with E-state index in [1.807, 2.05) is 0 Å². The van der Waals surface area contributed by atoms with Gasteiger partial charge in [0.15, 0.2) is 5.76 Å². The van der Waals surface area contributed by atoms with Crippen molar-refractivity contribution in [3.05, 3.63) is 24.2 Å². The Morgan fingerprint density at radius 2 is 2.20 bits per heavy atom. The molecule has 1 aromatic heterocycles. The van der Waals surface area contributed by atoms with Crippen LogP contribution >= 0.6 is 0 Å². The molecule has 1 N–H and O–H groups in total. The summed E-state index contributed by atoms with van der Waals surface area (Å²) in [7, 11) is 6.40. The molecule has 0 aromatic carbocycles. The lowest BCUT2D eigenvalue weighted by atomic mass is 10.3. The van der Waals surface area contributed by atoms with Crippen LogP contribution in [0.3, 0.4) is 0 Å². The number of carbonyl (C=O) groups is 1. The fourth-order valence-electron chi connectivity index (χ4n) is 1.25. The lowest BCUT2D eigenvalue weighted by Crippen LogP contribution is -2.37. The summed E-state index contributed by atoms with van der Waals surface area (Å²) in [5.74, 6) is 0.238. The van der Waals surface area contributed by atoms with Gasteiger partial charge in [0.1, 0.15) is 0 Å². The van der Waals surface area contributed by atoms with E-state index in [-0.39, 0.29) is 5.91 Å². The van der Waals surface area contributed by atoms with E-state index in [1.54, 1.807) is 12.1 Å². The standard InChI is InChI=1S/C11H18N2O2/c1-13(2,3)8-5-7-12-11(14)10-6-4-9-15-10/h4,6,9H,5,7-8H2,1-3H3/p+1. The van der Waals surface area contributed by atoms with Crippen LogP contribution in [0.5, 0.6) is 0 Å². The number of nitrogens with zero attached hydrogens (tertiary/aromatic N) is 1. The Bertz CT molecular complexity index is 299. The van der Waals surface area contributed by atoms with Gasteiger partial charge in [0.05, 0.1) is 34.0 Å². The molecule has 4 heteroatoms. The van der Waals surface area contributed by atoms with E-state index in [0.717, 1.165) is 17.4 Å². The second kappa shape index (κ2) is 4.98. The zero-order valence-corrected chi connectivity index (χ0v) is 9.62. The number of furan rings is 1. The van der Waals surface area contributed by atoms with E-state index in [9.17, 15) is 4.79 Å². The van der Waals surface area contributed by atoms with Gasteiger partial charge in [-0.25, -0.2) is 0 Å². The fraction of sp³-hybridized carbons (Fsp3) is 0.545. The monoisotopic (exact) mass is 211 g/mol. The van der Waals surface area contributed by atoms with Crippen molar-refractivity contribution in [2.24, 2.45) is 0 Å². The Morgan fingerprint density at radius 1 is 1.47 bits per heavy atom. The average molecular weight is 211 g/mol. The van der Waals surface area contributed by atoms with Gasteiger partial charge in [-0.15, -0.1) is 0 Å². The summed E-state index contributed by atoms with van der Waals surface area (Å²) in [6.45, 7) is 1.73. The lowest BCUT2D eigenvalue weighted by molar-refractivity contribution is -0.870. The predicted octanol–water partition coefficient (Wildman–Crippen LogP) is 1.11. The van der Waals surface area contributed by atoms with Gasteiger partial charge in [-0.1, -0.05) is 0 Å². The molecule has 0 saturated heterocycles. The minimum absolute atomic E-state index is 0.138. The maximum absolute atomic E-state index is 11.4. The number of rotatable bonds is 5. The molecule has 0 aliphatic rings. The van der Waals surface area contributed by atoms with Gasteiger partial charge in [-0.05, 0) is 12.1 Å². The van der Waals surface area contributed by atoms with E-state index >= 15 is 0 Å². The van der Waals surface area contributed by atoms with Crippen LogP contribution in [0.25, 0.3) is 0 Å². The summed E-state index contributed by atoms with van der Waals surface area (Å²) in [5, 5.41) is 2.81. The predicted molar refractivity (Wildman–Crippen MR) is 58.6 cm³/mol. The maximum Gasteiger partial charge on any atom is 0.286 e. The molecule has 0 aliphatic carbocycles. The Balaban J connectivity index is 2.19. The fourth-order valence-corrected chi connectivity index (χ4v) is 1.25. The molecule has 1 aromatic rings. The summed E-state index contributed by atoms with van der Waals surface area (Å²) in [4.78, 5) is 11.4. The van der Waals surface area contributed by atoms with Crippen LogP contribution in [0, 0.1) is 0 Å². The Hall–Kier alpha value is -1.29. The van der Waals surface area contributed by atoms with Crippen LogP contribution in [0.4, 0.5) is 0 Å². The molecule has 0 fully saturated rings. The molecule has 1 heterocycles. The normalized spacial score (nSPS) is 11.4. The van der Waals surface area contributed by atoms with Crippen LogP contribution < -0.4 is 5.32 Å². The maximum atomic E-state index is 11.4. The lowest BCUT2D eigenvalue weighted by Gasteiger charge is -2.23. The summed E-state index contributed by atoms with van der Waals surface area (Å²) in [6.07, 6.45) is 2.47. The van der Waals surface area contributed by atoms with Gasteiger partial charge in [0, 0.05) is 13.0 Å². The highest BCUT2D eigenvalue weighted by Gasteiger charge is 2.09. The van der Waals surface area contributed by atoms with Gasteiger partial charge >= 0.3 is 0 Å². The molecule has 15 heavy (non-hydrogen) atoms. The number of nitrogens with one attached hydrogen (secondary N) is 1. The van der Waals surface area contributed by atoms with Gasteiger partial charge < -0.3 is 14.2 Å². The largest absolute Gasteiger partial charge is 0.459 e. The molecule has 1 rings (SSSR count). The van der Waals surface area contributed by atoms with Crippen molar-refractivity contribution >= 4 is 5.91 Å². The highest BCUT2D eigenvalue weighted by molar-refractivity contribution is 5.91. The first-order valence-corrected chi connectivity index (χ1v) is 5.11. The van der Waals surface area contributed by atoms with Gasteiger partial charge in [-0.2, -0.15) is 0 Å². The highest BCUT2D eigenvalue weighted by atomic mass is 16.3. The van der Waals surface area contributed by atoms with E-state index in [0.29, 0.717) is 12.3 Å². The van der Waals surface area contributed by atoms with E-state index < -0.39 is 0 Å². The third-order valence-corrected chi connectivity index (χ3v) is 2.04. The SMILES string of the molecule is C[N+](C)(C)CCCNC(=O)c1ccco1. The molecule has 0 bridgehead atoms. The quantitative estimate of drug-likeness (QED) is 0.585. The molecule has 1 amide bonds. The summed E-state index contributed by atoms with van der Waals surface area (Å²) < 4.78 is 5.89. The first-order valence-electron chi connectivity index (χ1n) is 5.11. The van der Waals surface area contributed by atoms with Crippen molar-refractivity contribution in [3.8, 4) is 0 Å². The second-order valence-corrected chi connectivity index (χ2v) is 4.60. The Kier molecular flexibility index (Phi) is 3.91. The smallest absolute Gasteiger partial charge is 0.286 e. The van der Waals surface area contributed by atoms with Crippen molar-refractivity contribution in [1.29, 1.82) is 0 Å². The van der Waals surface area contributed by atoms with E-state index in [2.05, 4.69) is 26.5 Å². The molecule has 0 saturated carbocycles. The molecule has 0 spiro atoms. The molecular weight excluding hydrogens is 192 g/mol. The highest BCUT2D eigenvalue weighted by Crippen LogP contribution is 1.99. The van der Waals surface area contributed by atoms with E-state index in [1.165, 1.54) is 6.26 Å². The first-order chi connectivity index (χ1) is 6.99. The van der Waals surface area contributed by atoms with Gasteiger partial charge in [0.25, 0.3) is 5.91 Å². The Morgan fingerprint density at radius 3 is 2.73 bits per heavy atom. The molecule has 0 radical (unpaired) electrons. The van der Waals surface area contributed by atoms with Crippen LogP contribution in [-0.4, -0.2) is 44.6 Å². The number of quaternary nitrogens is 1. The van der Waals surface area contributed by atoms with Crippen LogP contribution in [0.15, 0.2) is 22.8 Å². The van der Waals surface area contributed by atoms with Crippen molar-refractivity contribution in [2.75, 3.05) is 34.2 Å². The van der Waals surface area contributed by atoms with Crippen LogP contribution in [-0.2, 0) is 0 Å². The van der Waals surface area contributed by atoms with Gasteiger partial charge in [-0.3, -0.25) is 4.79 Å². The van der Waals surface area contributed by atoms with Crippen LogP contribution in [0.2, 0.25) is 0 Å². The molecule has 0 aliphatic heterocycles. The third kappa shape index (κ3) is 4.65. The second-order valence-electron chi connectivity index (χ2n) is 4.60. The summed E-state index contributed by atoms with van der Waals surface area (Å²) >= 11 is 0. The van der Waals surface area contributed by atoms with Crippen molar-refractivity contribution in [2.45, 2.75) is 6.42 Å². The summed E-state index contributed by atoms with van der Waals surface area (Å²) in [6, 6.07) is 3.37. The minimum Gasteiger partial charge on any atom is -0.459 e. The Labute approximate surface area is 90.5 Å². The zero-order chi connectivity index (χ0) is 11.3. The first kappa shape index (κ1) is 11.8. The molecule has 0 unspecified atom stereocenters. The number of hydrogen-bond acceptors (Lipinski definition) is 2. The number of hydrogen-bond donors (Lipinski definition) is 1. The van der Waals surface area contributed by atoms with Crippen molar-refractivity contribution < 1.29 is 13.7 Å².